The van der Waals surface area contributed by atoms with E-state index in [1.807, 2.05) is 0 Å². The van der Waals surface area contributed by atoms with Crippen molar-refractivity contribution in [3.63, 3.8) is 0 Å². The van der Waals surface area contributed by atoms with Crippen LogP contribution < -0.4 is 0 Å². The molecule has 0 rings (SSSR count). The summed E-state index contributed by atoms with van der Waals surface area (Å²) in [5.41, 5.74) is 0. The third-order valence-electron chi connectivity index (χ3n) is 12.5. The van der Waals surface area contributed by atoms with Crippen molar-refractivity contribution < 1.29 is 28.6 Å². The summed E-state index contributed by atoms with van der Waals surface area (Å²) in [5, 5.41) is 0. The van der Waals surface area contributed by atoms with Crippen molar-refractivity contribution in [2.24, 2.45) is 0 Å². The van der Waals surface area contributed by atoms with Crippen LogP contribution >= 0.6 is 0 Å². The second-order valence-corrected chi connectivity index (χ2v) is 19.1. The van der Waals surface area contributed by atoms with Gasteiger partial charge in [-0.3, -0.25) is 14.4 Å². The summed E-state index contributed by atoms with van der Waals surface area (Å²) < 4.78 is 16.8. The van der Waals surface area contributed by atoms with Gasteiger partial charge in [0.2, 0.25) is 0 Å². The Morgan fingerprint density at radius 1 is 0.309 bits per heavy atom. The standard InChI is InChI=1S/C62H108O6/c1-4-7-10-13-16-19-22-25-27-29-30-31-33-34-37-40-43-46-49-52-55-61(64)67-58-59(57-66-60(63)54-51-48-45-42-39-36-24-21-18-15-12-9-6-3)68-62(65)56-53-50-47-44-41-38-35-32-28-26-23-20-17-14-11-8-5-2/h8-9,11-12,17-18,20-21,26,28,36,39,59H,4-7,10,13-16,19,22-25,27,29-35,37-38,40-58H2,1-3H3/b11-8-,12-9-,20-17-,21-18-,28-26-,39-36-. The molecular weight excluding hydrogens is 841 g/mol. The molecule has 0 saturated heterocycles. The summed E-state index contributed by atoms with van der Waals surface area (Å²) >= 11 is 0. The second-order valence-electron chi connectivity index (χ2n) is 19.1. The summed E-state index contributed by atoms with van der Waals surface area (Å²) in [6, 6.07) is 0. The molecule has 0 amide bonds. The van der Waals surface area contributed by atoms with E-state index in [4.69, 9.17) is 14.2 Å². The summed E-state index contributed by atoms with van der Waals surface area (Å²) in [6.07, 6.45) is 71.9. The summed E-state index contributed by atoms with van der Waals surface area (Å²) in [6.45, 7) is 6.41. The monoisotopic (exact) mass is 949 g/mol. The highest BCUT2D eigenvalue weighted by Gasteiger charge is 2.19. The highest BCUT2D eigenvalue weighted by molar-refractivity contribution is 5.71. The Bertz CT molecular complexity index is 1270. The van der Waals surface area contributed by atoms with Crippen LogP contribution in [0.2, 0.25) is 0 Å². The first-order chi connectivity index (χ1) is 33.5. The van der Waals surface area contributed by atoms with Crippen LogP contribution in [0.15, 0.2) is 72.9 Å². The molecule has 0 saturated carbocycles. The molecule has 0 fully saturated rings. The molecule has 6 nitrogen and oxygen atoms in total. The minimum absolute atomic E-state index is 0.0868. The minimum Gasteiger partial charge on any atom is -0.462 e. The third kappa shape index (κ3) is 53.8. The number of ether oxygens (including phenoxy) is 3. The van der Waals surface area contributed by atoms with Gasteiger partial charge >= 0.3 is 17.9 Å². The zero-order valence-electron chi connectivity index (χ0n) is 44.9. The number of hydrogen-bond donors (Lipinski definition) is 0. The normalized spacial score (nSPS) is 12.6. The summed E-state index contributed by atoms with van der Waals surface area (Å²) in [4.78, 5) is 38.1. The topological polar surface area (TPSA) is 78.9 Å². The second kappa shape index (κ2) is 56.4. The Morgan fingerprint density at radius 2 is 0.574 bits per heavy atom. The van der Waals surface area contributed by atoms with E-state index in [1.165, 1.54) is 135 Å². The maximum atomic E-state index is 12.9. The van der Waals surface area contributed by atoms with Crippen LogP contribution in [0, 0.1) is 0 Å². The van der Waals surface area contributed by atoms with E-state index in [9.17, 15) is 14.4 Å². The van der Waals surface area contributed by atoms with E-state index in [0.717, 1.165) is 109 Å². The van der Waals surface area contributed by atoms with Crippen LogP contribution in [0.5, 0.6) is 0 Å². The Hall–Kier alpha value is -3.15. The van der Waals surface area contributed by atoms with E-state index < -0.39 is 6.10 Å². The average Bonchev–Trinajstić information content (AvgIpc) is 3.34. The number of carbonyl (C=O) groups excluding carboxylic acids is 3. The van der Waals surface area contributed by atoms with Gasteiger partial charge in [0.05, 0.1) is 0 Å². The number of hydrogen-bond acceptors (Lipinski definition) is 6. The van der Waals surface area contributed by atoms with Gasteiger partial charge in [-0.15, -0.1) is 0 Å². The van der Waals surface area contributed by atoms with Crippen molar-refractivity contribution in [1.29, 1.82) is 0 Å². The zero-order chi connectivity index (χ0) is 49.3. The van der Waals surface area contributed by atoms with E-state index in [0.29, 0.717) is 19.3 Å². The predicted octanol–water partition coefficient (Wildman–Crippen LogP) is 19.4. The van der Waals surface area contributed by atoms with Crippen LogP contribution in [-0.2, 0) is 28.6 Å². The molecule has 0 aliphatic carbocycles. The molecule has 1 unspecified atom stereocenters. The van der Waals surface area contributed by atoms with Crippen LogP contribution in [0.1, 0.15) is 284 Å². The van der Waals surface area contributed by atoms with Crippen molar-refractivity contribution >= 4 is 17.9 Å². The third-order valence-corrected chi connectivity index (χ3v) is 12.5. The van der Waals surface area contributed by atoms with Crippen LogP contribution in [0.3, 0.4) is 0 Å². The molecule has 392 valence electrons. The highest BCUT2D eigenvalue weighted by Crippen LogP contribution is 2.16. The Kier molecular flexibility index (Phi) is 53.8. The van der Waals surface area contributed by atoms with Gasteiger partial charge in [-0.2, -0.15) is 0 Å². The first kappa shape index (κ1) is 64.8. The first-order valence-electron chi connectivity index (χ1n) is 28.9. The molecule has 0 aromatic carbocycles. The van der Waals surface area contributed by atoms with Gasteiger partial charge in [-0.1, -0.05) is 254 Å². The van der Waals surface area contributed by atoms with Crippen molar-refractivity contribution in [3.05, 3.63) is 72.9 Å². The van der Waals surface area contributed by atoms with Crippen LogP contribution in [0.25, 0.3) is 0 Å². The van der Waals surface area contributed by atoms with Crippen molar-refractivity contribution in [1.82, 2.24) is 0 Å². The lowest BCUT2D eigenvalue weighted by Crippen LogP contribution is -2.30. The highest BCUT2D eigenvalue weighted by atomic mass is 16.6. The minimum atomic E-state index is -0.792. The molecule has 0 radical (unpaired) electrons. The van der Waals surface area contributed by atoms with Crippen molar-refractivity contribution in [3.8, 4) is 0 Å². The molecule has 0 aromatic rings. The molecule has 0 aromatic heterocycles. The van der Waals surface area contributed by atoms with Crippen LogP contribution in [-0.4, -0.2) is 37.2 Å². The average molecular weight is 950 g/mol. The van der Waals surface area contributed by atoms with Crippen molar-refractivity contribution in [2.75, 3.05) is 13.2 Å². The van der Waals surface area contributed by atoms with E-state index in [1.54, 1.807) is 0 Å². The van der Waals surface area contributed by atoms with Crippen LogP contribution in [0.4, 0.5) is 0 Å². The fourth-order valence-corrected chi connectivity index (χ4v) is 8.18. The van der Waals surface area contributed by atoms with E-state index in [2.05, 4.69) is 93.7 Å². The zero-order valence-corrected chi connectivity index (χ0v) is 44.9. The molecular formula is C62H108O6. The van der Waals surface area contributed by atoms with Gasteiger partial charge in [0, 0.05) is 19.3 Å². The number of carbonyl (C=O) groups is 3. The Morgan fingerprint density at radius 3 is 0.912 bits per heavy atom. The largest absolute Gasteiger partial charge is 0.462 e. The van der Waals surface area contributed by atoms with Crippen molar-refractivity contribution in [2.45, 2.75) is 290 Å². The molecule has 0 heterocycles. The SMILES string of the molecule is CC/C=C\C/C=C\C/C=C\CCCCCCCCCC(=O)OC(COC(=O)CCCCC/C=C\C/C=C\C/C=C\CC)COC(=O)CCCCCCCCCCCCCCCCCCCCCC. The fraction of sp³-hybridized carbons (Fsp3) is 0.758. The Labute approximate surface area is 421 Å². The lowest BCUT2D eigenvalue weighted by Gasteiger charge is -2.18. The number of rotatable bonds is 52. The van der Waals surface area contributed by atoms with Gasteiger partial charge in [-0.05, 0) is 83.5 Å². The molecule has 0 bridgehead atoms. The van der Waals surface area contributed by atoms with Gasteiger partial charge in [-0.25, -0.2) is 0 Å². The fourth-order valence-electron chi connectivity index (χ4n) is 8.18. The van der Waals surface area contributed by atoms with Gasteiger partial charge in [0.25, 0.3) is 0 Å². The van der Waals surface area contributed by atoms with Gasteiger partial charge < -0.3 is 14.2 Å². The number of esters is 3. The maximum Gasteiger partial charge on any atom is 0.306 e. The maximum absolute atomic E-state index is 12.9. The van der Waals surface area contributed by atoms with E-state index >= 15 is 0 Å². The van der Waals surface area contributed by atoms with E-state index in [-0.39, 0.29) is 31.1 Å². The number of unbranched alkanes of at least 4 members (excludes halogenated alkanes) is 29. The van der Waals surface area contributed by atoms with Gasteiger partial charge in [0.1, 0.15) is 13.2 Å². The first-order valence-corrected chi connectivity index (χ1v) is 28.9. The molecule has 0 aliphatic rings. The molecule has 68 heavy (non-hydrogen) atoms. The summed E-state index contributed by atoms with van der Waals surface area (Å²) in [7, 11) is 0. The van der Waals surface area contributed by atoms with Gasteiger partial charge in [0.15, 0.2) is 6.10 Å². The number of allylic oxidation sites excluding steroid dienone is 12. The summed E-state index contributed by atoms with van der Waals surface area (Å²) in [5.74, 6) is -0.918. The molecule has 1 atom stereocenters. The Balaban J connectivity index is 4.36. The predicted molar refractivity (Wildman–Crippen MR) is 293 cm³/mol. The smallest absolute Gasteiger partial charge is 0.306 e. The lowest BCUT2D eigenvalue weighted by molar-refractivity contribution is -0.167. The quantitative estimate of drug-likeness (QED) is 0.0262. The molecule has 0 spiro atoms. The molecule has 0 aliphatic heterocycles. The lowest BCUT2D eigenvalue weighted by atomic mass is 10.0. The molecule has 6 heteroatoms. The molecule has 0 N–H and O–H groups in total.